The fourth-order valence-corrected chi connectivity index (χ4v) is 2.85. The van der Waals surface area contributed by atoms with Crippen molar-refractivity contribution < 1.29 is 9.47 Å². The largest absolute Gasteiger partial charge is 0.342 e. The van der Waals surface area contributed by atoms with Gasteiger partial charge in [-0.2, -0.15) is 5.10 Å². The summed E-state index contributed by atoms with van der Waals surface area (Å²) in [7, 11) is 0. The lowest BCUT2D eigenvalue weighted by molar-refractivity contribution is -0.189. The van der Waals surface area contributed by atoms with Crippen LogP contribution in [0.5, 0.6) is 0 Å². The van der Waals surface area contributed by atoms with Crippen LogP contribution in [-0.2, 0) is 21.8 Å². The van der Waals surface area contributed by atoms with Crippen molar-refractivity contribution in [3.05, 3.63) is 47.0 Å². The van der Waals surface area contributed by atoms with Crippen LogP contribution in [0, 0.1) is 0 Å². The zero-order valence-electron chi connectivity index (χ0n) is 11.9. The molecule has 1 aromatic carbocycles. The summed E-state index contributed by atoms with van der Waals surface area (Å²) in [5, 5.41) is 4.18. The number of benzene rings is 1. The van der Waals surface area contributed by atoms with Crippen LogP contribution in [-0.4, -0.2) is 27.5 Å². The molecule has 112 valence electrons. The molecule has 1 aliphatic rings. The lowest BCUT2D eigenvalue weighted by atomic mass is 10.1. The van der Waals surface area contributed by atoms with Gasteiger partial charge in [-0.25, -0.2) is 9.67 Å². The second-order valence-corrected chi connectivity index (χ2v) is 6.11. The molecule has 1 aromatic heterocycles. The molecular formula is C15H18BrN3O2. The summed E-state index contributed by atoms with van der Waals surface area (Å²) in [6.07, 6.45) is 5.40. The summed E-state index contributed by atoms with van der Waals surface area (Å²) in [6, 6.07) is 8.04. The minimum Gasteiger partial charge on any atom is -0.342 e. The van der Waals surface area contributed by atoms with Crippen LogP contribution < -0.4 is 0 Å². The predicted molar refractivity (Wildman–Crippen MR) is 81.6 cm³/mol. The fourth-order valence-electron chi connectivity index (χ4n) is 2.59. The first-order chi connectivity index (χ1) is 10.2. The smallest absolute Gasteiger partial charge is 0.215 e. The third-order valence-corrected chi connectivity index (χ3v) is 4.12. The van der Waals surface area contributed by atoms with Crippen LogP contribution in [0.25, 0.3) is 0 Å². The monoisotopic (exact) mass is 351 g/mol. The average molecular weight is 352 g/mol. The Hall–Kier alpha value is -1.24. The van der Waals surface area contributed by atoms with Gasteiger partial charge >= 0.3 is 0 Å². The predicted octanol–water partition coefficient (Wildman–Crippen LogP) is 3.11. The summed E-state index contributed by atoms with van der Waals surface area (Å²) in [4.78, 5) is 3.99. The van der Waals surface area contributed by atoms with Crippen molar-refractivity contribution in [2.45, 2.75) is 38.2 Å². The Morgan fingerprint density at radius 3 is 2.86 bits per heavy atom. The zero-order chi connectivity index (χ0) is 14.7. The van der Waals surface area contributed by atoms with Crippen molar-refractivity contribution in [2.75, 3.05) is 6.61 Å². The second-order valence-electron chi connectivity index (χ2n) is 5.19. The Morgan fingerprint density at radius 2 is 2.19 bits per heavy atom. The highest BCUT2D eigenvalue weighted by molar-refractivity contribution is 9.10. The van der Waals surface area contributed by atoms with Gasteiger partial charge in [-0.15, -0.1) is 0 Å². The third kappa shape index (κ3) is 3.17. The van der Waals surface area contributed by atoms with E-state index in [1.165, 1.54) is 6.33 Å². The van der Waals surface area contributed by atoms with Crippen LogP contribution in [0.3, 0.4) is 0 Å². The molecule has 2 atom stereocenters. The number of hydrogen-bond donors (Lipinski definition) is 0. The molecule has 5 nitrogen and oxygen atoms in total. The topological polar surface area (TPSA) is 49.2 Å². The lowest BCUT2D eigenvalue weighted by Crippen LogP contribution is -2.33. The molecule has 1 saturated heterocycles. The van der Waals surface area contributed by atoms with E-state index in [4.69, 9.17) is 9.47 Å². The summed E-state index contributed by atoms with van der Waals surface area (Å²) in [5.74, 6) is -0.783. The molecule has 21 heavy (non-hydrogen) atoms. The maximum atomic E-state index is 6.26. The number of aromatic nitrogens is 3. The molecule has 0 aliphatic carbocycles. The Labute approximate surface area is 132 Å². The summed E-state index contributed by atoms with van der Waals surface area (Å²) >= 11 is 3.46. The van der Waals surface area contributed by atoms with E-state index < -0.39 is 5.79 Å². The van der Waals surface area contributed by atoms with E-state index in [1.54, 1.807) is 11.0 Å². The van der Waals surface area contributed by atoms with Crippen molar-refractivity contribution in [1.82, 2.24) is 14.8 Å². The van der Waals surface area contributed by atoms with Crippen LogP contribution in [0.4, 0.5) is 0 Å². The first-order valence-corrected chi connectivity index (χ1v) is 7.91. The Morgan fingerprint density at radius 1 is 1.38 bits per heavy atom. The van der Waals surface area contributed by atoms with Crippen molar-refractivity contribution in [3.63, 3.8) is 0 Å². The summed E-state index contributed by atoms with van der Waals surface area (Å²) < 4.78 is 15.1. The molecule has 3 rings (SSSR count). The van der Waals surface area contributed by atoms with Crippen LogP contribution in [0.1, 0.15) is 25.3 Å². The molecule has 1 fully saturated rings. The SMILES string of the molecule is CCC[C@H]1CO[C@](Cn2cncn2)(c2ccc(Br)cc2)O1. The summed E-state index contributed by atoms with van der Waals surface area (Å²) in [6.45, 7) is 3.26. The maximum absolute atomic E-state index is 6.26. The molecule has 0 bridgehead atoms. The molecule has 2 aromatic rings. The van der Waals surface area contributed by atoms with E-state index >= 15 is 0 Å². The van der Waals surface area contributed by atoms with E-state index in [2.05, 4.69) is 32.9 Å². The third-order valence-electron chi connectivity index (χ3n) is 3.59. The van der Waals surface area contributed by atoms with Gasteiger partial charge in [0.15, 0.2) is 0 Å². The molecular weight excluding hydrogens is 334 g/mol. The van der Waals surface area contributed by atoms with E-state index in [1.807, 2.05) is 24.3 Å². The van der Waals surface area contributed by atoms with E-state index in [0.29, 0.717) is 13.2 Å². The Bertz CT molecular complexity index is 573. The number of halogens is 1. The highest BCUT2D eigenvalue weighted by Gasteiger charge is 2.43. The van der Waals surface area contributed by atoms with Crippen LogP contribution >= 0.6 is 15.9 Å². The van der Waals surface area contributed by atoms with E-state index in [-0.39, 0.29) is 6.10 Å². The average Bonchev–Trinajstić information content (AvgIpc) is 3.11. The molecule has 0 unspecified atom stereocenters. The van der Waals surface area contributed by atoms with E-state index in [9.17, 15) is 0 Å². The van der Waals surface area contributed by atoms with Gasteiger partial charge < -0.3 is 9.47 Å². The first kappa shape index (κ1) is 14.7. The highest BCUT2D eigenvalue weighted by atomic mass is 79.9. The van der Waals surface area contributed by atoms with Gasteiger partial charge in [-0.1, -0.05) is 41.4 Å². The second kappa shape index (κ2) is 6.25. The quantitative estimate of drug-likeness (QED) is 0.830. The van der Waals surface area contributed by atoms with Crippen LogP contribution in [0.2, 0.25) is 0 Å². The molecule has 0 radical (unpaired) electrons. The standard InChI is InChI=1S/C15H18BrN3O2/c1-2-3-14-8-20-15(21-14,9-19-11-17-10-18-19)12-4-6-13(16)7-5-12/h4-7,10-11,14H,2-3,8-9H2,1H3/t14-,15-/m0/s1. The highest BCUT2D eigenvalue weighted by Crippen LogP contribution is 2.37. The minimum atomic E-state index is -0.783. The van der Waals surface area contributed by atoms with Gasteiger partial charge in [0, 0.05) is 10.0 Å². The number of rotatable bonds is 5. The fraction of sp³-hybridized carbons (Fsp3) is 0.467. The molecule has 0 spiro atoms. The molecule has 0 amide bonds. The minimum absolute atomic E-state index is 0.127. The summed E-state index contributed by atoms with van der Waals surface area (Å²) in [5.41, 5.74) is 1.000. The molecule has 2 heterocycles. The first-order valence-electron chi connectivity index (χ1n) is 7.12. The number of hydrogen-bond acceptors (Lipinski definition) is 4. The number of ether oxygens (including phenoxy) is 2. The lowest BCUT2D eigenvalue weighted by Gasteiger charge is -2.28. The van der Waals surface area contributed by atoms with Crippen molar-refractivity contribution >= 4 is 15.9 Å². The molecule has 0 saturated carbocycles. The zero-order valence-corrected chi connectivity index (χ0v) is 13.5. The normalized spacial score (nSPS) is 25.3. The molecule has 6 heteroatoms. The number of nitrogens with zero attached hydrogens (tertiary/aromatic N) is 3. The van der Waals surface area contributed by atoms with Gasteiger partial charge in [0.05, 0.1) is 12.7 Å². The van der Waals surface area contributed by atoms with Crippen LogP contribution in [0.15, 0.2) is 41.4 Å². The van der Waals surface area contributed by atoms with Gasteiger partial charge in [0.2, 0.25) is 5.79 Å². The van der Waals surface area contributed by atoms with Gasteiger partial charge in [0.25, 0.3) is 0 Å². The van der Waals surface area contributed by atoms with Gasteiger partial charge in [0.1, 0.15) is 19.2 Å². The Balaban J connectivity index is 1.89. The van der Waals surface area contributed by atoms with Crippen molar-refractivity contribution in [3.8, 4) is 0 Å². The van der Waals surface area contributed by atoms with Gasteiger partial charge in [-0.05, 0) is 18.6 Å². The Kier molecular flexibility index (Phi) is 4.37. The van der Waals surface area contributed by atoms with Crippen molar-refractivity contribution in [1.29, 1.82) is 0 Å². The van der Waals surface area contributed by atoms with Gasteiger partial charge in [-0.3, -0.25) is 0 Å². The molecule has 1 aliphatic heterocycles. The van der Waals surface area contributed by atoms with E-state index in [0.717, 1.165) is 22.9 Å². The molecule has 0 N–H and O–H groups in total. The maximum Gasteiger partial charge on any atom is 0.215 e. The van der Waals surface area contributed by atoms with Crippen molar-refractivity contribution in [2.24, 2.45) is 0 Å².